The Labute approximate surface area is 72.0 Å². The minimum atomic E-state index is 0.317. The number of alkyl halides is 1. The van der Waals surface area contributed by atoms with Crippen LogP contribution in [-0.4, -0.2) is 17.0 Å². The lowest BCUT2D eigenvalue weighted by atomic mass is 9.90. The van der Waals surface area contributed by atoms with Crippen molar-refractivity contribution in [3.05, 3.63) is 0 Å². The number of aliphatic hydroxyl groups excluding tert-OH is 1. The van der Waals surface area contributed by atoms with E-state index in [1.54, 1.807) is 0 Å². The second-order valence-corrected chi connectivity index (χ2v) is 3.32. The van der Waals surface area contributed by atoms with Crippen LogP contribution in [0.25, 0.3) is 0 Å². The highest BCUT2D eigenvalue weighted by Crippen LogP contribution is 2.20. The molecular formula is C8H17BrO. The maximum absolute atomic E-state index is 8.93. The van der Waals surface area contributed by atoms with E-state index in [4.69, 9.17) is 5.11 Å². The minimum Gasteiger partial charge on any atom is -0.396 e. The van der Waals surface area contributed by atoms with E-state index in [1.807, 2.05) is 0 Å². The van der Waals surface area contributed by atoms with E-state index in [9.17, 15) is 0 Å². The van der Waals surface area contributed by atoms with Crippen molar-refractivity contribution in [1.82, 2.24) is 0 Å². The third-order valence-corrected chi connectivity index (χ3v) is 2.98. The van der Waals surface area contributed by atoms with E-state index in [-0.39, 0.29) is 0 Å². The predicted octanol–water partition coefficient (Wildman–Crippen LogP) is 2.43. The van der Waals surface area contributed by atoms with Crippen molar-refractivity contribution in [1.29, 1.82) is 0 Å². The highest BCUT2D eigenvalue weighted by atomic mass is 79.9. The summed E-state index contributed by atoms with van der Waals surface area (Å²) in [5.41, 5.74) is 0. The van der Waals surface area contributed by atoms with Gasteiger partial charge in [0.25, 0.3) is 0 Å². The first-order valence-corrected chi connectivity index (χ1v) is 5.09. The Morgan fingerprint density at radius 1 is 1.20 bits per heavy atom. The Kier molecular flexibility index (Phi) is 6.44. The fourth-order valence-electron chi connectivity index (χ4n) is 1.28. The van der Waals surface area contributed by atoms with Gasteiger partial charge in [0, 0.05) is 11.9 Å². The SMILES string of the molecule is CCC(CC)C(CO)CBr. The topological polar surface area (TPSA) is 20.2 Å². The van der Waals surface area contributed by atoms with E-state index in [0.29, 0.717) is 18.4 Å². The smallest absolute Gasteiger partial charge is 0.0469 e. The highest BCUT2D eigenvalue weighted by molar-refractivity contribution is 9.09. The van der Waals surface area contributed by atoms with Crippen molar-refractivity contribution < 1.29 is 5.11 Å². The van der Waals surface area contributed by atoms with Crippen LogP contribution in [0.5, 0.6) is 0 Å². The zero-order valence-electron chi connectivity index (χ0n) is 6.81. The molecule has 0 aromatic carbocycles. The molecule has 0 heterocycles. The lowest BCUT2D eigenvalue weighted by molar-refractivity contribution is 0.186. The Bertz CT molecular complexity index is 57.7. The van der Waals surface area contributed by atoms with Gasteiger partial charge in [-0.3, -0.25) is 0 Å². The van der Waals surface area contributed by atoms with E-state index in [2.05, 4.69) is 29.8 Å². The van der Waals surface area contributed by atoms with Crippen LogP contribution in [-0.2, 0) is 0 Å². The summed E-state index contributed by atoms with van der Waals surface area (Å²) in [5.74, 6) is 1.14. The molecule has 0 amide bonds. The average molecular weight is 209 g/mol. The Morgan fingerprint density at radius 2 is 1.70 bits per heavy atom. The third kappa shape index (κ3) is 3.02. The Morgan fingerprint density at radius 3 is 1.80 bits per heavy atom. The minimum absolute atomic E-state index is 0.317. The average Bonchev–Trinajstić information content (AvgIpc) is 2.00. The molecule has 1 N–H and O–H groups in total. The summed E-state index contributed by atoms with van der Waals surface area (Å²) in [6.07, 6.45) is 2.35. The van der Waals surface area contributed by atoms with Gasteiger partial charge >= 0.3 is 0 Å². The standard InChI is InChI=1S/C8H17BrO/c1-3-7(4-2)8(5-9)6-10/h7-8,10H,3-6H2,1-2H3. The number of aliphatic hydroxyl groups is 1. The van der Waals surface area contributed by atoms with Gasteiger partial charge in [-0.05, 0) is 11.8 Å². The molecule has 0 saturated carbocycles. The molecule has 0 aliphatic carbocycles. The summed E-state index contributed by atoms with van der Waals surface area (Å²) in [6, 6.07) is 0. The highest BCUT2D eigenvalue weighted by Gasteiger charge is 2.15. The summed E-state index contributed by atoms with van der Waals surface area (Å²) in [7, 11) is 0. The summed E-state index contributed by atoms with van der Waals surface area (Å²) in [5, 5.41) is 9.86. The fourth-order valence-corrected chi connectivity index (χ4v) is 2.01. The van der Waals surface area contributed by atoms with Crippen molar-refractivity contribution in [3.63, 3.8) is 0 Å². The molecule has 1 unspecified atom stereocenters. The zero-order valence-corrected chi connectivity index (χ0v) is 8.39. The van der Waals surface area contributed by atoms with Crippen LogP contribution in [0.1, 0.15) is 26.7 Å². The van der Waals surface area contributed by atoms with Gasteiger partial charge in [0.05, 0.1) is 0 Å². The molecule has 1 atom stereocenters. The first kappa shape index (κ1) is 10.4. The van der Waals surface area contributed by atoms with Gasteiger partial charge in [-0.1, -0.05) is 42.6 Å². The predicted molar refractivity (Wildman–Crippen MR) is 48.4 cm³/mol. The molecular weight excluding hydrogens is 192 g/mol. The van der Waals surface area contributed by atoms with Crippen LogP contribution >= 0.6 is 15.9 Å². The van der Waals surface area contributed by atoms with Crippen molar-refractivity contribution in [3.8, 4) is 0 Å². The molecule has 0 saturated heterocycles. The molecule has 0 radical (unpaired) electrons. The van der Waals surface area contributed by atoms with Gasteiger partial charge in [-0.15, -0.1) is 0 Å². The molecule has 10 heavy (non-hydrogen) atoms. The Hall–Kier alpha value is 0.440. The van der Waals surface area contributed by atoms with Crippen molar-refractivity contribution in [2.24, 2.45) is 11.8 Å². The van der Waals surface area contributed by atoms with Gasteiger partial charge in [-0.2, -0.15) is 0 Å². The molecule has 0 aliphatic heterocycles. The Balaban J connectivity index is 3.70. The zero-order chi connectivity index (χ0) is 7.98. The van der Waals surface area contributed by atoms with Gasteiger partial charge in [0.2, 0.25) is 0 Å². The number of hydrogen-bond donors (Lipinski definition) is 1. The van der Waals surface area contributed by atoms with Crippen LogP contribution in [0.15, 0.2) is 0 Å². The maximum atomic E-state index is 8.93. The normalized spacial score (nSPS) is 14.1. The molecule has 0 spiro atoms. The van der Waals surface area contributed by atoms with E-state index in [0.717, 1.165) is 5.33 Å². The van der Waals surface area contributed by atoms with Crippen LogP contribution in [0, 0.1) is 11.8 Å². The van der Waals surface area contributed by atoms with Crippen molar-refractivity contribution in [2.45, 2.75) is 26.7 Å². The first-order valence-electron chi connectivity index (χ1n) is 3.96. The largest absolute Gasteiger partial charge is 0.396 e. The van der Waals surface area contributed by atoms with Gasteiger partial charge in [0.15, 0.2) is 0 Å². The molecule has 62 valence electrons. The third-order valence-electron chi connectivity index (χ3n) is 2.15. The second kappa shape index (κ2) is 6.17. The molecule has 0 fully saturated rings. The maximum Gasteiger partial charge on any atom is 0.0469 e. The van der Waals surface area contributed by atoms with Crippen molar-refractivity contribution in [2.75, 3.05) is 11.9 Å². The molecule has 0 aliphatic rings. The fraction of sp³-hybridized carbons (Fsp3) is 1.00. The summed E-state index contributed by atoms with van der Waals surface area (Å²) < 4.78 is 0. The van der Waals surface area contributed by atoms with E-state index < -0.39 is 0 Å². The van der Waals surface area contributed by atoms with Gasteiger partial charge in [0.1, 0.15) is 0 Å². The van der Waals surface area contributed by atoms with Crippen LogP contribution in [0.3, 0.4) is 0 Å². The summed E-state index contributed by atoms with van der Waals surface area (Å²) in [4.78, 5) is 0. The number of rotatable bonds is 5. The first-order chi connectivity index (χ1) is 4.79. The van der Waals surface area contributed by atoms with Crippen LogP contribution in [0.4, 0.5) is 0 Å². The molecule has 0 rings (SSSR count). The lowest BCUT2D eigenvalue weighted by Gasteiger charge is -2.20. The monoisotopic (exact) mass is 208 g/mol. The second-order valence-electron chi connectivity index (χ2n) is 2.67. The van der Waals surface area contributed by atoms with E-state index in [1.165, 1.54) is 12.8 Å². The molecule has 1 nitrogen and oxygen atoms in total. The van der Waals surface area contributed by atoms with Crippen LogP contribution < -0.4 is 0 Å². The van der Waals surface area contributed by atoms with Gasteiger partial charge in [-0.25, -0.2) is 0 Å². The van der Waals surface area contributed by atoms with Crippen LogP contribution in [0.2, 0.25) is 0 Å². The van der Waals surface area contributed by atoms with E-state index >= 15 is 0 Å². The molecule has 0 aromatic heterocycles. The quantitative estimate of drug-likeness (QED) is 0.689. The van der Waals surface area contributed by atoms with Gasteiger partial charge < -0.3 is 5.11 Å². The summed E-state index contributed by atoms with van der Waals surface area (Å²) >= 11 is 3.40. The number of halogens is 1. The number of hydrogen-bond acceptors (Lipinski definition) is 1. The summed E-state index contributed by atoms with van der Waals surface area (Å²) in [6.45, 7) is 4.68. The van der Waals surface area contributed by atoms with Crippen molar-refractivity contribution >= 4 is 15.9 Å². The molecule has 2 heteroatoms. The lowest BCUT2D eigenvalue weighted by Crippen LogP contribution is -2.18. The molecule has 0 aromatic rings. The molecule has 0 bridgehead atoms.